The van der Waals surface area contributed by atoms with Crippen molar-refractivity contribution in [1.82, 2.24) is 0 Å². The van der Waals surface area contributed by atoms with E-state index in [-0.39, 0.29) is 5.91 Å². The second kappa shape index (κ2) is 7.71. The third-order valence-corrected chi connectivity index (χ3v) is 4.03. The van der Waals surface area contributed by atoms with Gasteiger partial charge in [-0.15, -0.1) is 0 Å². The summed E-state index contributed by atoms with van der Waals surface area (Å²) >= 11 is 0. The third-order valence-electron chi connectivity index (χ3n) is 4.03. The van der Waals surface area contributed by atoms with Crippen LogP contribution in [0.1, 0.15) is 13.3 Å². The molecule has 25 heavy (non-hydrogen) atoms. The van der Waals surface area contributed by atoms with E-state index in [2.05, 4.69) is 5.32 Å². The van der Waals surface area contributed by atoms with Crippen LogP contribution in [-0.4, -0.2) is 19.1 Å². The molecule has 0 aromatic heterocycles. The first-order chi connectivity index (χ1) is 12.2. The van der Waals surface area contributed by atoms with Crippen molar-refractivity contribution in [3.63, 3.8) is 0 Å². The molecule has 0 heterocycles. The summed E-state index contributed by atoms with van der Waals surface area (Å²) < 4.78 is 11.1. The third kappa shape index (κ3) is 3.91. The maximum absolute atomic E-state index is 12.7. The number of fused-ring (bicyclic) bond motifs is 1. The molecule has 0 saturated carbocycles. The van der Waals surface area contributed by atoms with E-state index < -0.39 is 6.10 Å². The largest absolute Gasteiger partial charge is 0.497 e. The van der Waals surface area contributed by atoms with Crippen LogP contribution in [0, 0.1) is 0 Å². The first kappa shape index (κ1) is 16.8. The van der Waals surface area contributed by atoms with Crippen molar-refractivity contribution in [2.45, 2.75) is 19.4 Å². The lowest BCUT2D eigenvalue weighted by Gasteiger charge is -2.18. The Balaban J connectivity index is 1.78. The molecule has 0 bridgehead atoms. The van der Waals surface area contributed by atoms with E-state index in [4.69, 9.17) is 9.47 Å². The summed E-state index contributed by atoms with van der Waals surface area (Å²) in [7, 11) is 1.60. The second-order valence-corrected chi connectivity index (χ2v) is 5.71. The van der Waals surface area contributed by atoms with E-state index in [1.807, 2.05) is 67.6 Å². The van der Waals surface area contributed by atoms with Crippen molar-refractivity contribution < 1.29 is 14.3 Å². The fraction of sp³-hybridized carbons (Fsp3) is 0.190. The van der Waals surface area contributed by atoms with Crippen molar-refractivity contribution in [2.24, 2.45) is 0 Å². The zero-order valence-electron chi connectivity index (χ0n) is 14.4. The summed E-state index contributed by atoms with van der Waals surface area (Å²) in [5, 5.41) is 5.08. The molecule has 1 N–H and O–H groups in total. The topological polar surface area (TPSA) is 47.6 Å². The molecule has 0 aliphatic rings. The smallest absolute Gasteiger partial charge is 0.265 e. The summed E-state index contributed by atoms with van der Waals surface area (Å²) in [6.45, 7) is 1.92. The quantitative estimate of drug-likeness (QED) is 0.713. The monoisotopic (exact) mass is 335 g/mol. The molecule has 0 radical (unpaired) electrons. The number of hydrogen-bond acceptors (Lipinski definition) is 3. The fourth-order valence-corrected chi connectivity index (χ4v) is 2.71. The van der Waals surface area contributed by atoms with Gasteiger partial charge in [-0.05, 0) is 30.0 Å². The van der Waals surface area contributed by atoms with Crippen LogP contribution in [0.25, 0.3) is 10.8 Å². The molecule has 4 heteroatoms. The standard InChI is InChI=1S/C21H21NO3/c1-3-20(25-17-11-7-10-16(14-17)24-2)21(23)22-19-13-6-9-15-8-4-5-12-18(15)19/h4-14,20H,3H2,1-2H3,(H,22,23). The molecule has 4 nitrogen and oxygen atoms in total. The molecule has 3 aromatic rings. The molecule has 0 fully saturated rings. The Morgan fingerprint density at radius 1 is 1.00 bits per heavy atom. The van der Waals surface area contributed by atoms with E-state index in [9.17, 15) is 4.79 Å². The highest BCUT2D eigenvalue weighted by molar-refractivity contribution is 6.03. The van der Waals surface area contributed by atoms with Crippen molar-refractivity contribution in [3.8, 4) is 11.5 Å². The first-order valence-electron chi connectivity index (χ1n) is 8.30. The van der Waals surface area contributed by atoms with Gasteiger partial charge in [0.1, 0.15) is 11.5 Å². The van der Waals surface area contributed by atoms with Crippen LogP contribution in [0.5, 0.6) is 11.5 Å². The zero-order valence-corrected chi connectivity index (χ0v) is 14.4. The van der Waals surface area contributed by atoms with Crippen LogP contribution in [0.15, 0.2) is 66.7 Å². The van der Waals surface area contributed by atoms with Gasteiger partial charge in [-0.1, -0.05) is 49.4 Å². The molecule has 1 amide bonds. The number of hydrogen-bond donors (Lipinski definition) is 1. The number of anilines is 1. The van der Waals surface area contributed by atoms with Crippen LogP contribution in [0.2, 0.25) is 0 Å². The summed E-state index contributed by atoms with van der Waals surface area (Å²) in [6.07, 6.45) is -0.0144. The Morgan fingerprint density at radius 2 is 1.72 bits per heavy atom. The molecule has 0 spiro atoms. The molecule has 0 aliphatic carbocycles. The zero-order chi connectivity index (χ0) is 17.6. The number of methoxy groups -OCH3 is 1. The van der Waals surface area contributed by atoms with E-state index in [1.54, 1.807) is 13.2 Å². The minimum absolute atomic E-state index is 0.165. The van der Waals surface area contributed by atoms with E-state index >= 15 is 0 Å². The summed E-state index contributed by atoms with van der Waals surface area (Å²) in [5.41, 5.74) is 0.788. The Kier molecular flexibility index (Phi) is 5.19. The molecular weight excluding hydrogens is 314 g/mol. The molecule has 128 valence electrons. The number of ether oxygens (including phenoxy) is 2. The van der Waals surface area contributed by atoms with Gasteiger partial charge in [-0.2, -0.15) is 0 Å². The van der Waals surface area contributed by atoms with Crippen molar-refractivity contribution in [3.05, 3.63) is 66.7 Å². The molecule has 1 unspecified atom stereocenters. The van der Waals surface area contributed by atoms with Gasteiger partial charge < -0.3 is 14.8 Å². The molecule has 0 aliphatic heterocycles. The Bertz CT molecular complexity index is 870. The van der Waals surface area contributed by atoms with E-state index in [1.165, 1.54) is 0 Å². The highest BCUT2D eigenvalue weighted by Crippen LogP contribution is 2.24. The Morgan fingerprint density at radius 3 is 2.52 bits per heavy atom. The Hall–Kier alpha value is -3.01. The number of carbonyl (C=O) groups is 1. The number of nitrogens with one attached hydrogen (secondary N) is 1. The maximum atomic E-state index is 12.7. The van der Waals surface area contributed by atoms with Gasteiger partial charge >= 0.3 is 0 Å². The Labute approximate surface area is 147 Å². The van der Waals surface area contributed by atoms with Crippen LogP contribution in [0.3, 0.4) is 0 Å². The van der Waals surface area contributed by atoms with Crippen LogP contribution < -0.4 is 14.8 Å². The SMILES string of the molecule is CCC(Oc1cccc(OC)c1)C(=O)Nc1cccc2ccccc12. The van der Waals surface area contributed by atoms with Gasteiger partial charge in [-0.25, -0.2) is 0 Å². The summed E-state index contributed by atoms with van der Waals surface area (Å²) in [5.74, 6) is 1.14. The summed E-state index contributed by atoms with van der Waals surface area (Å²) in [4.78, 5) is 12.7. The van der Waals surface area contributed by atoms with Crippen molar-refractivity contribution in [1.29, 1.82) is 0 Å². The normalized spacial score (nSPS) is 11.8. The lowest BCUT2D eigenvalue weighted by Crippen LogP contribution is -2.32. The van der Waals surface area contributed by atoms with Crippen LogP contribution in [-0.2, 0) is 4.79 Å². The average molecular weight is 335 g/mol. The highest BCUT2D eigenvalue weighted by Gasteiger charge is 2.19. The van der Waals surface area contributed by atoms with Crippen molar-refractivity contribution in [2.75, 3.05) is 12.4 Å². The van der Waals surface area contributed by atoms with Gasteiger partial charge in [0.25, 0.3) is 5.91 Å². The molecule has 3 rings (SSSR count). The molecule has 0 saturated heterocycles. The number of carbonyl (C=O) groups excluding carboxylic acids is 1. The number of benzene rings is 3. The van der Waals surface area contributed by atoms with Gasteiger partial charge in [0.2, 0.25) is 0 Å². The first-order valence-corrected chi connectivity index (χ1v) is 8.30. The lowest BCUT2D eigenvalue weighted by molar-refractivity contribution is -0.122. The van der Waals surface area contributed by atoms with Gasteiger partial charge in [0.05, 0.1) is 7.11 Å². The predicted octanol–water partition coefficient (Wildman–Crippen LogP) is 4.64. The molecular formula is C21H21NO3. The fourth-order valence-electron chi connectivity index (χ4n) is 2.71. The highest BCUT2D eigenvalue weighted by atomic mass is 16.5. The summed E-state index contributed by atoms with van der Waals surface area (Å²) in [6, 6.07) is 21.1. The van der Waals surface area contributed by atoms with Crippen LogP contribution in [0.4, 0.5) is 5.69 Å². The van der Waals surface area contributed by atoms with E-state index in [0.29, 0.717) is 17.9 Å². The van der Waals surface area contributed by atoms with Gasteiger partial charge in [-0.3, -0.25) is 4.79 Å². The minimum atomic E-state index is -0.578. The number of rotatable bonds is 6. The van der Waals surface area contributed by atoms with Gasteiger partial charge in [0, 0.05) is 17.1 Å². The number of amides is 1. The van der Waals surface area contributed by atoms with Gasteiger partial charge in [0.15, 0.2) is 6.10 Å². The minimum Gasteiger partial charge on any atom is -0.497 e. The predicted molar refractivity (Wildman–Crippen MR) is 100 cm³/mol. The molecule has 3 aromatic carbocycles. The average Bonchev–Trinajstić information content (AvgIpc) is 2.66. The second-order valence-electron chi connectivity index (χ2n) is 5.71. The van der Waals surface area contributed by atoms with Crippen LogP contribution >= 0.6 is 0 Å². The molecule has 1 atom stereocenters. The van der Waals surface area contributed by atoms with Crippen molar-refractivity contribution >= 4 is 22.4 Å². The van der Waals surface area contributed by atoms with E-state index in [0.717, 1.165) is 16.5 Å². The lowest BCUT2D eigenvalue weighted by atomic mass is 10.1. The maximum Gasteiger partial charge on any atom is 0.265 e.